The van der Waals surface area contributed by atoms with E-state index < -0.39 is 6.03 Å². The van der Waals surface area contributed by atoms with Crippen LogP contribution in [0.15, 0.2) is 17.5 Å². The number of nitrogens with one attached hydrogen (secondary N) is 2. The van der Waals surface area contributed by atoms with Gasteiger partial charge < -0.3 is 5.32 Å². The van der Waals surface area contributed by atoms with Gasteiger partial charge in [0.2, 0.25) is 5.91 Å². The van der Waals surface area contributed by atoms with Gasteiger partial charge in [-0.25, -0.2) is 4.79 Å². The molecular formula is C13H20N4O2S. The van der Waals surface area contributed by atoms with Crippen LogP contribution in [-0.2, 0) is 11.3 Å². The smallest absolute Gasteiger partial charge is 0.321 e. The van der Waals surface area contributed by atoms with Crippen molar-refractivity contribution in [2.75, 3.05) is 39.8 Å². The second-order valence-electron chi connectivity index (χ2n) is 4.76. The Bertz CT molecular complexity index is 441. The molecule has 7 heteroatoms. The average Bonchev–Trinajstić information content (AvgIpc) is 2.93. The number of rotatable bonds is 4. The van der Waals surface area contributed by atoms with E-state index in [-0.39, 0.29) is 12.5 Å². The van der Waals surface area contributed by atoms with Crippen LogP contribution in [0.3, 0.4) is 0 Å². The van der Waals surface area contributed by atoms with Crippen molar-refractivity contribution in [3.63, 3.8) is 0 Å². The third-order valence-corrected chi connectivity index (χ3v) is 4.13. The minimum atomic E-state index is -0.452. The van der Waals surface area contributed by atoms with E-state index in [0.717, 1.165) is 32.7 Å². The fraction of sp³-hybridized carbons (Fsp3) is 0.538. The van der Waals surface area contributed by atoms with Crippen molar-refractivity contribution in [2.24, 2.45) is 0 Å². The predicted octanol–water partition coefficient (Wildman–Crippen LogP) is 0.321. The molecular weight excluding hydrogens is 276 g/mol. The van der Waals surface area contributed by atoms with Crippen LogP contribution in [0.25, 0.3) is 0 Å². The summed E-state index contributed by atoms with van der Waals surface area (Å²) in [6, 6.07) is 3.76. The van der Waals surface area contributed by atoms with Gasteiger partial charge in [0.25, 0.3) is 0 Å². The van der Waals surface area contributed by atoms with Crippen LogP contribution in [0.4, 0.5) is 4.79 Å². The van der Waals surface area contributed by atoms with Crippen molar-refractivity contribution in [1.29, 1.82) is 0 Å². The highest BCUT2D eigenvalue weighted by Crippen LogP contribution is 2.13. The maximum atomic E-state index is 11.6. The Morgan fingerprint density at radius 2 is 1.95 bits per heavy atom. The molecule has 0 saturated carbocycles. The molecule has 2 N–H and O–H groups in total. The molecule has 0 radical (unpaired) electrons. The van der Waals surface area contributed by atoms with E-state index in [1.54, 1.807) is 11.3 Å². The molecule has 0 bridgehead atoms. The zero-order valence-electron chi connectivity index (χ0n) is 11.6. The van der Waals surface area contributed by atoms with Crippen LogP contribution in [0.5, 0.6) is 0 Å². The second kappa shape index (κ2) is 7.37. The Labute approximate surface area is 122 Å². The summed E-state index contributed by atoms with van der Waals surface area (Å²) < 4.78 is 0. The fourth-order valence-corrected chi connectivity index (χ4v) is 2.91. The minimum absolute atomic E-state index is 0.254. The molecule has 2 rings (SSSR count). The number of carbonyl (C=O) groups is 2. The fourth-order valence-electron chi connectivity index (χ4n) is 2.16. The lowest BCUT2D eigenvalue weighted by atomic mass is 10.3. The number of piperazine rings is 1. The average molecular weight is 296 g/mol. The van der Waals surface area contributed by atoms with Crippen LogP contribution in [0.2, 0.25) is 0 Å². The molecule has 0 aliphatic carbocycles. The van der Waals surface area contributed by atoms with Crippen LogP contribution in [0, 0.1) is 0 Å². The third kappa shape index (κ3) is 4.59. The van der Waals surface area contributed by atoms with Gasteiger partial charge in [0.1, 0.15) is 0 Å². The van der Waals surface area contributed by atoms with Crippen molar-refractivity contribution in [2.45, 2.75) is 6.54 Å². The van der Waals surface area contributed by atoms with Crippen LogP contribution < -0.4 is 10.6 Å². The first kappa shape index (κ1) is 15.0. The van der Waals surface area contributed by atoms with Gasteiger partial charge in [-0.1, -0.05) is 6.07 Å². The molecule has 1 aromatic rings. The minimum Gasteiger partial charge on any atom is -0.341 e. The normalized spacial score (nSPS) is 16.9. The highest BCUT2D eigenvalue weighted by Gasteiger charge is 2.19. The molecule has 6 nitrogen and oxygen atoms in total. The summed E-state index contributed by atoms with van der Waals surface area (Å²) in [6.45, 7) is 4.87. The first-order valence-electron chi connectivity index (χ1n) is 6.66. The number of imide groups is 1. The molecule has 2 heterocycles. The van der Waals surface area contributed by atoms with Gasteiger partial charge in [-0.15, -0.1) is 11.3 Å². The molecule has 0 aromatic carbocycles. The van der Waals surface area contributed by atoms with Crippen LogP contribution in [-0.4, -0.2) is 61.5 Å². The zero-order chi connectivity index (χ0) is 14.4. The largest absolute Gasteiger partial charge is 0.341 e. The van der Waals surface area contributed by atoms with E-state index in [4.69, 9.17) is 0 Å². The Kier molecular flexibility index (Phi) is 5.51. The third-order valence-electron chi connectivity index (χ3n) is 3.27. The maximum Gasteiger partial charge on any atom is 0.321 e. The molecule has 1 aromatic heterocycles. The van der Waals surface area contributed by atoms with Gasteiger partial charge in [0.15, 0.2) is 0 Å². The zero-order valence-corrected chi connectivity index (χ0v) is 12.4. The first-order chi connectivity index (χ1) is 9.67. The molecule has 110 valence electrons. The molecule has 1 saturated heterocycles. The molecule has 1 aliphatic rings. The number of nitrogens with zero attached hydrogens (tertiary/aromatic N) is 2. The molecule has 20 heavy (non-hydrogen) atoms. The number of hydrogen-bond donors (Lipinski definition) is 2. The van der Waals surface area contributed by atoms with E-state index in [1.807, 2.05) is 0 Å². The van der Waals surface area contributed by atoms with Gasteiger partial charge in [-0.05, 0) is 11.4 Å². The number of hydrogen-bond acceptors (Lipinski definition) is 5. The lowest BCUT2D eigenvalue weighted by molar-refractivity contribution is -0.121. The van der Waals surface area contributed by atoms with E-state index in [2.05, 4.69) is 37.9 Å². The van der Waals surface area contributed by atoms with Gasteiger partial charge in [-0.3, -0.25) is 19.9 Å². The number of carbonyl (C=O) groups excluding carboxylic acids is 2. The highest BCUT2D eigenvalue weighted by molar-refractivity contribution is 7.09. The summed E-state index contributed by atoms with van der Waals surface area (Å²) in [6.07, 6.45) is 0. The second-order valence-corrected chi connectivity index (χ2v) is 5.79. The Balaban J connectivity index is 1.69. The predicted molar refractivity (Wildman–Crippen MR) is 78.6 cm³/mol. The highest BCUT2D eigenvalue weighted by atomic mass is 32.1. The molecule has 0 spiro atoms. The van der Waals surface area contributed by atoms with E-state index in [0.29, 0.717) is 0 Å². The lowest BCUT2D eigenvalue weighted by Crippen LogP contribution is -2.50. The summed E-state index contributed by atoms with van der Waals surface area (Å²) in [5.74, 6) is -0.254. The SMILES string of the molecule is CNC(=O)NC(=O)CN1CCN(Cc2cccs2)CC1. The van der Waals surface area contributed by atoms with Gasteiger partial charge in [-0.2, -0.15) is 0 Å². The van der Waals surface area contributed by atoms with Gasteiger partial charge >= 0.3 is 6.03 Å². The van der Waals surface area contributed by atoms with Crippen molar-refractivity contribution < 1.29 is 9.59 Å². The number of urea groups is 1. The standard InChI is InChI=1S/C13H20N4O2S/c1-14-13(19)15-12(18)10-17-6-4-16(5-7-17)9-11-3-2-8-20-11/h2-3,8H,4-7,9-10H2,1H3,(H2,14,15,18,19). The number of thiophene rings is 1. The first-order valence-corrected chi connectivity index (χ1v) is 7.54. The van der Waals surface area contributed by atoms with E-state index in [1.165, 1.54) is 11.9 Å². The van der Waals surface area contributed by atoms with Crippen molar-refractivity contribution in [3.8, 4) is 0 Å². The molecule has 0 atom stereocenters. The monoisotopic (exact) mass is 296 g/mol. The molecule has 0 unspecified atom stereocenters. The Hall–Kier alpha value is -1.44. The summed E-state index contributed by atoms with van der Waals surface area (Å²) in [5, 5.41) is 6.74. The summed E-state index contributed by atoms with van der Waals surface area (Å²) in [7, 11) is 1.49. The quantitative estimate of drug-likeness (QED) is 0.840. The molecule has 1 fully saturated rings. The van der Waals surface area contributed by atoms with Crippen LogP contribution in [0.1, 0.15) is 4.88 Å². The van der Waals surface area contributed by atoms with Gasteiger partial charge in [0.05, 0.1) is 6.54 Å². The topological polar surface area (TPSA) is 64.7 Å². The van der Waals surface area contributed by atoms with Crippen molar-refractivity contribution in [3.05, 3.63) is 22.4 Å². The van der Waals surface area contributed by atoms with E-state index in [9.17, 15) is 9.59 Å². The number of amides is 3. The Morgan fingerprint density at radius 1 is 1.25 bits per heavy atom. The van der Waals surface area contributed by atoms with Crippen molar-refractivity contribution in [1.82, 2.24) is 20.4 Å². The van der Waals surface area contributed by atoms with E-state index >= 15 is 0 Å². The summed E-state index contributed by atoms with van der Waals surface area (Å²) >= 11 is 1.77. The maximum absolute atomic E-state index is 11.6. The Morgan fingerprint density at radius 3 is 2.55 bits per heavy atom. The molecule has 1 aliphatic heterocycles. The molecule has 3 amide bonds. The van der Waals surface area contributed by atoms with Crippen molar-refractivity contribution >= 4 is 23.3 Å². The lowest BCUT2D eigenvalue weighted by Gasteiger charge is -2.33. The van der Waals surface area contributed by atoms with Gasteiger partial charge in [0, 0.05) is 44.6 Å². The van der Waals surface area contributed by atoms with Crippen LogP contribution >= 0.6 is 11.3 Å². The summed E-state index contributed by atoms with van der Waals surface area (Å²) in [5.41, 5.74) is 0. The summed E-state index contributed by atoms with van der Waals surface area (Å²) in [4.78, 5) is 28.4.